The highest BCUT2D eigenvalue weighted by Crippen LogP contribution is 2.26. The van der Waals surface area contributed by atoms with Crippen LogP contribution in [0, 0.1) is 0 Å². The summed E-state index contributed by atoms with van der Waals surface area (Å²) in [7, 11) is 3.27. The molecule has 0 aliphatic carbocycles. The lowest BCUT2D eigenvalue weighted by Crippen LogP contribution is -2.52. The Bertz CT molecular complexity index is 768. The molecule has 1 atom stereocenters. The highest BCUT2D eigenvalue weighted by molar-refractivity contribution is 5.39. The van der Waals surface area contributed by atoms with Crippen LogP contribution in [0.15, 0.2) is 42.5 Å². The first-order chi connectivity index (χ1) is 13.6. The summed E-state index contributed by atoms with van der Waals surface area (Å²) in [6.07, 6.45) is 0.731. The number of benzene rings is 2. The van der Waals surface area contributed by atoms with Crippen molar-refractivity contribution in [2.45, 2.75) is 25.6 Å². The van der Waals surface area contributed by atoms with Gasteiger partial charge in [-0.2, -0.15) is 0 Å². The standard InChI is InChI=1S/C22H30N2O4/c1-27-20-5-3-4-17(12-20)14-24-10-9-23(16-19(24)8-11-25)15-18-6-7-21(28-2)13-22(18)26/h3-7,12-13,19,25-26H,8-11,14-16H2,1-2H3/t19-/m1/s1. The number of hydrogen-bond acceptors (Lipinski definition) is 6. The van der Waals surface area contributed by atoms with Crippen molar-refractivity contribution < 1.29 is 19.7 Å². The van der Waals surface area contributed by atoms with Gasteiger partial charge in [0, 0.05) is 57.0 Å². The molecule has 0 saturated carbocycles. The fraction of sp³-hybridized carbons (Fsp3) is 0.455. The van der Waals surface area contributed by atoms with Gasteiger partial charge in [0.2, 0.25) is 0 Å². The fourth-order valence-electron chi connectivity index (χ4n) is 3.78. The molecule has 0 radical (unpaired) electrons. The van der Waals surface area contributed by atoms with Crippen LogP contribution in [0.4, 0.5) is 0 Å². The number of aliphatic hydroxyl groups excluding tert-OH is 1. The monoisotopic (exact) mass is 386 g/mol. The van der Waals surface area contributed by atoms with Crippen molar-refractivity contribution in [3.05, 3.63) is 53.6 Å². The van der Waals surface area contributed by atoms with E-state index in [1.54, 1.807) is 20.3 Å². The van der Waals surface area contributed by atoms with E-state index in [4.69, 9.17) is 9.47 Å². The summed E-state index contributed by atoms with van der Waals surface area (Å²) in [5.74, 6) is 1.78. The Balaban J connectivity index is 1.64. The molecule has 2 aromatic rings. The van der Waals surface area contributed by atoms with Crippen molar-refractivity contribution >= 4 is 0 Å². The molecule has 1 fully saturated rings. The molecule has 0 amide bonds. The first-order valence-electron chi connectivity index (χ1n) is 9.69. The highest BCUT2D eigenvalue weighted by Gasteiger charge is 2.27. The van der Waals surface area contributed by atoms with Gasteiger partial charge in [0.1, 0.15) is 17.2 Å². The Morgan fingerprint density at radius 3 is 2.50 bits per heavy atom. The third kappa shape index (κ3) is 5.16. The Hall–Kier alpha value is -2.28. The zero-order chi connectivity index (χ0) is 19.9. The Labute approximate surface area is 166 Å². The minimum atomic E-state index is 0.168. The van der Waals surface area contributed by atoms with Crippen LogP contribution in [0.1, 0.15) is 17.5 Å². The lowest BCUT2D eigenvalue weighted by atomic mass is 10.1. The Morgan fingerprint density at radius 1 is 1.00 bits per heavy atom. The van der Waals surface area contributed by atoms with Crippen LogP contribution < -0.4 is 9.47 Å². The molecule has 2 aromatic carbocycles. The van der Waals surface area contributed by atoms with E-state index in [1.165, 1.54) is 5.56 Å². The minimum Gasteiger partial charge on any atom is -0.507 e. The molecule has 6 nitrogen and oxygen atoms in total. The number of ether oxygens (including phenoxy) is 2. The van der Waals surface area contributed by atoms with Crippen LogP contribution in [-0.4, -0.2) is 66.5 Å². The number of nitrogens with zero attached hydrogens (tertiary/aromatic N) is 2. The summed E-state index contributed by atoms with van der Waals surface area (Å²) in [6, 6.07) is 13.9. The van der Waals surface area contributed by atoms with Gasteiger partial charge in [0.15, 0.2) is 0 Å². The van der Waals surface area contributed by atoms with E-state index in [-0.39, 0.29) is 18.4 Å². The smallest absolute Gasteiger partial charge is 0.123 e. The van der Waals surface area contributed by atoms with Crippen LogP contribution in [0.5, 0.6) is 17.2 Å². The number of methoxy groups -OCH3 is 2. The molecule has 0 unspecified atom stereocenters. The van der Waals surface area contributed by atoms with Crippen LogP contribution >= 0.6 is 0 Å². The molecule has 0 bridgehead atoms. The van der Waals surface area contributed by atoms with Gasteiger partial charge in [0.05, 0.1) is 14.2 Å². The molecule has 1 heterocycles. The normalized spacial score (nSPS) is 18.2. The number of phenols is 1. The second-order valence-electron chi connectivity index (χ2n) is 7.22. The predicted octanol–water partition coefficient (Wildman–Crippen LogP) is 2.48. The van der Waals surface area contributed by atoms with Gasteiger partial charge >= 0.3 is 0 Å². The SMILES string of the molecule is COc1cccc(CN2CCN(Cc3ccc(OC)cc3O)C[C@H]2CCO)c1. The first kappa shape index (κ1) is 20.5. The van der Waals surface area contributed by atoms with Crippen LogP contribution in [-0.2, 0) is 13.1 Å². The zero-order valence-corrected chi connectivity index (χ0v) is 16.7. The van der Waals surface area contributed by atoms with Gasteiger partial charge in [-0.25, -0.2) is 0 Å². The molecule has 28 heavy (non-hydrogen) atoms. The molecular formula is C22H30N2O4. The molecule has 152 valence electrons. The van der Waals surface area contributed by atoms with Crippen LogP contribution in [0.25, 0.3) is 0 Å². The van der Waals surface area contributed by atoms with Crippen LogP contribution in [0.2, 0.25) is 0 Å². The van der Waals surface area contributed by atoms with Gasteiger partial charge in [-0.05, 0) is 30.2 Å². The topological polar surface area (TPSA) is 65.4 Å². The second-order valence-corrected chi connectivity index (χ2v) is 7.22. The largest absolute Gasteiger partial charge is 0.507 e. The second kappa shape index (κ2) is 9.78. The quantitative estimate of drug-likeness (QED) is 0.727. The van der Waals surface area contributed by atoms with E-state index in [9.17, 15) is 10.2 Å². The van der Waals surface area contributed by atoms with Gasteiger partial charge in [-0.15, -0.1) is 0 Å². The number of phenolic OH excluding ortho intramolecular Hbond substituents is 1. The average Bonchev–Trinajstić information content (AvgIpc) is 2.71. The number of hydrogen-bond donors (Lipinski definition) is 2. The molecule has 0 spiro atoms. The van der Waals surface area contributed by atoms with E-state index < -0.39 is 0 Å². The number of rotatable bonds is 8. The predicted molar refractivity (Wildman–Crippen MR) is 109 cm³/mol. The van der Waals surface area contributed by atoms with E-state index >= 15 is 0 Å². The van der Waals surface area contributed by atoms with Crippen molar-refractivity contribution in [2.75, 3.05) is 40.5 Å². The molecular weight excluding hydrogens is 356 g/mol. The van der Waals surface area contributed by atoms with Gasteiger partial charge in [-0.3, -0.25) is 9.80 Å². The van der Waals surface area contributed by atoms with Crippen LogP contribution in [0.3, 0.4) is 0 Å². The van der Waals surface area contributed by atoms with E-state index in [0.717, 1.165) is 43.9 Å². The molecule has 1 saturated heterocycles. The summed E-state index contributed by atoms with van der Waals surface area (Å²) in [4.78, 5) is 4.76. The third-order valence-corrected chi connectivity index (χ3v) is 5.36. The number of aromatic hydroxyl groups is 1. The molecule has 2 N–H and O–H groups in total. The molecule has 1 aliphatic heterocycles. The maximum Gasteiger partial charge on any atom is 0.123 e. The van der Waals surface area contributed by atoms with Crippen molar-refractivity contribution in [2.24, 2.45) is 0 Å². The summed E-state index contributed by atoms with van der Waals surface area (Å²) in [5.41, 5.74) is 2.10. The Kier molecular flexibility index (Phi) is 7.14. The molecule has 3 rings (SSSR count). The number of piperazine rings is 1. The minimum absolute atomic E-state index is 0.168. The first-order valence-corrected chi connectivity index (χ1v) is 9.69. The number of aliphatic hydroxyl groups is 1. The summed E-state index contributed by atoms with van der Waals surface area (Å²) >= 11 is 0. The van der Waals surface area contributed by atoms with Crippen molar-refractivity contribution in [3.8, 4) is 17.2 Å². The molecule has 0 aromatic heterocycles. The molecule has 1 aliphatic rings. The van der Waals surface area contributed by atoms with E-state index in [2.05, 4.69) is 21.9 Å². The fourth-order valence-corrected chi connectivity index (χ4v) is 3.78. The maximum atomic E-state index is 10.2. The maximum absolute atomic E-state index is 10.2. The summed E-state index contributed by atoms with van der Waals surface area (Å²) < 4.78 is 10.5. The Morgan fingerprint density at radius 2 is 1.79 bits per heavy atom. The third-order valence-electron chi connectivity index (χ3n) is 5.36. The van der Waals surface area contributed by atoms with E-state index in [0.29, 0.717) is 12.3 Å². The van der Waals surface area contributed by atoms with E-state index in [1.807, 2.05) is 24.3 Å². The lowest BCUT2D eigenvalue weighted by Gasteiger charge is -2.41. The summed E-state index contributed by atoms with van der Waals surface area (Å²) in [6.45, 7) is 4.38. The van der Waals surface area contributed by atoms with Crippen molar-refractivity contribution in [1.82, 2.24) is 9.80 Å². The molecule has 6 heteroatoms. The highest BCUT2D eigenvalue weighted by atomic mass is 16.5. The van der Waals surface area contributed by atoms with Crippen molar-refractivity contribution in [1.29, 1.82) is 0 Å². The summed E-state index contributed by atoms with van der Waals surface area (Å²) in [5, 5.41) is 19.8. The zero-order valence-electron chi connectivity index (χ0n) is 16.7. The van der Waals surface area contributed by atoms with Gasteiger partial charge in [0.25, 0.3) is 0 Å². The van der Waals surface area contributed by atoms with Gasteiger partial charge in [-0.1, -0.05) is 18.2 Å². The lowest BCUT2D eigenvalue weighted by molar-refractivity contribution is 0.0496. The van der Waals surface area contributed by atoms with Gasteiger partial charge < -0.3 is 19.7 Å². The van der Waals surface area contributed by atoms with Crippen molar-refractivity contribution in [3.63, 3.8) is 0 Å². The average molecular weight is 386 g/mol.